The summed E-state index contributed by atoms with van der Waals surface area (Å²) >= 11 is 0. The molecule has 3 rings (SSSR count). The zero-order valence-electron chi connectivity index (χ0n) is 10.9. The third-order valence-electron chi connectivity index (χ3n) is 3.27. The molecule has 5 nitrogen and oxygen atoms in total. The van der Waals surface area contributed by atoms with Crippen LogP contribution in [0.2, 0.25) is 0 Å². The third kappa shape index (κ3) is 2.96. The minimum atomic E-state index is -2.88. The normalized spacial score (nSPS) is 20.7. The molecule has 1 atom stereocenters. The van der Waals surface area contributed by atoms with Gasteiger partial charge in [-0.3, -0.25) is 0 Å². The van der Waals surface area contributed by atoms with Crippen LogP contribution in [0, 0.1) is 0 Å². The number of rotatable bonds is 3. The molecule has 2 aromatic rings. The van der Waals surface area contributed by atoms with Gasteiger partial charge in [-0.05, 0) is 12.5 Å². The van der Waals surface area contributed by atoms with Crippen LogP contribution >= 0.6 is 0 Å². The summed E-state index contributed by atoms with van der Waals surface area (Å²) in [7, 11) is -2.88. The van der Waals surface area contributed by atoms with Crippen molar-refractivity contribution in [2.45, 2.75) is 12.5 Å². The van der Waals surface area contributed by atoms with Crippen molar-refractivity contribution in [3.63, 3.8) is 0 Å². The van der Waals surface area contributed by atoms with E-state index in [1.165, 1.54) is 0 Å². The van der Waals surface area contributed by atoms with E-state index in [-0.39, 0.29) is 17.5 Å². The number of sulfone groups is 1. The molecular weight excluding hydrogens is 274 g/mol. The lowest BCUT2D eigenvalue weighted by Crippen LogP contribution is -2.21. The van der Waals surface area contributed by atoms with Crippen molar-refractivity contribution in [1.29, 1.82) is 0 Å². The molecule has 0 radical (unpaired) electrons. The number of nitrogens with one attached hydrogen (secondary N) is 1. The van der Waals surface area contributed by atoms with Crippen LogP contribution in [0.25, 0.3) is 11.4 Å². The van der Waals surface area contributed by atoms with Crippen LogP contribution in [0.5, 0.6) is 0 Å². The monoisotopic (exact) mass is 289 g/mol. The van der Waals surface area contributed by atoms with E-state index >= 15 is 0 Å². The lowest BCUT2D eigenvalue weighted by Gasteiger charge is -2.11. The molecule has 1 aliphatic heterocycles. The number of aromatic nitrogens is 2. The Bertz CT molecular complexity index is 701. The predicted molar refractivity (Wildman–Crippen MR) is 78.1 cm³/mol. The highest BCUT2D eigenvalue weighted by Crippen LogP contribution is 2.19. The van der Waals surface area contributed by atoms with Crippen LogP contribution in [0.1, 0.15) is 6.42 Å². The number of anilines is 1. The molecule has 0 saturated carbocycles. The van der Waals surface area contributed by atoms with E-state index in [1.54, 1.807) is 12.3 Å². The van der Waals surface area contributed by atoms with Crippen LogP contribution < -0.4 is 5.32 Å². The molecule has 0 spiro atoms. The Balaban J connectivity index is 1.79. The highest BCUT2D eigenvalue weighted by molar-refractivity contribution is 7.91. The molecule has 1 saturated heterocycles. The largest absolute Gasteiger partial charge is 0.366 e. The van der Waals surface area contributed by atoms with Gasteiger partial charge < -0.3 is 5.32 Å². The fourth-order valence-corrected chi connectivity index (χ4v) is 3.96. The van der Waals surface area contributed by atoms with Crippen molar-refractivity contribution in [3.8, 4) is 11.4 Å². The topological polar surface area (TPSA) is 72.0 Å². The van der Waals surface area contributed by atoms with Crippen LogP contribution in [0.4, 0.5) is 5.82 Å². The first kappa shape index (κ1) is 13.1. The fraction of sp³-hybridized carbons (Fsp3) is 0.286. The van der Waals surface area contributed by atoms with Gasteiger partial charge in [0.2, 0.25) is 0 Å². The second kappa shape index (κ2) is 5.20. The first-order valence-electron chi connectivity index (χ1n) is 6.48. The van der Waals surface area contributed by atoms with Gasteiger partial charge in [-0.2, -0.15) is 0 Å². The molecule has 0 amide bonds. The van der Waals surface area contributed by atoms with Gasteiger partial charge in [-0.25, -0.2) is 18.4 Å². The van der Waals surface area contributed by atoms with Crippen LogP contribution in [-0.2, 0) is 9.84 Å². The fourth-order valence-electron chi connectivity index (χ4n) is 2.28. The zero-order chi connectivity index (χ0) is 14.0. The maximum absolute atomic E-state index is 11.4. The van der Waals surface area contributed by atoms with Crippen molar-refractivity contribution in [1.82, 2.24) is 9.97 Å². The highest BCUT2D eigenvalue weighted by atomic mass is 32.2. The van der Waals surface area contributed by atoms with E-state index in [9.17, 15) is 8.42 Å². The van der Waals surface area contributed by atoms with E-state index < -0.39 is 9.84 Å². The van der Waals surface area contributed by atoms with Gasteiger partial charge >= 0.3 is 0 Å². The predicted octanol–water partition coefficient (Wildman–Crippen LogP) is 1.74. The first-order valence-corrected chi connectivity index (χ1v) is 8.30. The number of benzene rings is 1. The number of hydrogen-bond donors (Lipinski definition) is 1. The quantitative estimate of drug-likeness (QED) is 0.932. The summed E-state index contributed by atoms with van der Waals surface area (Å²) in [5.74, 6) is 1.73. The number of hydrogen-bond acceptors (Lipinski definition) is 5. The van der Waals surface area contributed by atoms with E-state index in [4.69, 9.17) is 0 Å². The minimum absolute atomic E-state index is 0.0569. The molecular formula is C14H15N3O2S. The molecule has 1 aromatic heterocycles. The van der Waals surface area contributed by atoms with Crippen molar-refractivity contribution in [2.75, 3.05) is 16.8 Å². The zero-order valence-corrected chi connectivity index (χ0v) is 11.7. The van der Waals surface area contributed by atoms with Gasteiger partial charge in [0.25, 0.3) is 0 Å². The van der Waals surface area contributed by atoms with Gasteiger partial charge in [-0.15, -0.1) is 0 Å². The van der Waals surface area contributed by atoms with Gasteiger partial charge in [0.1, 0.15) is 5.82 Å². The van der Waals surface area contributed by atoms with Gasteiger partial charge in [0, 0.05) is 17.8 Å². The Hall–Kier alpha value is -1.95. The average molecular weight is 289 g/mol. The highest BCUT2D eigenvalue weighted by Gasteiger charge is 2.27. The Kier molecular flexibility index (Phi) is 3.40. The molecule has 6 heteroatoms. The summed E-state index contributed by atoms with van der Waals surface area (Å²) in [5, 5.41) is 3.18. The summed E-state index contributed by atoms with van der Waals surface area (Å²) in [6.07, 6.45) is 2.31. The SMILES string of the molecule is O=S1(=O)CC[C@@H](Nc2ccnc(-c3ccccc3)n2)C1. The lowest BCUT2D eigenvalue weighted by molar-refractivity contribution is 0.602. The van der Waals surface area contributed by atoms with Gasteiger partial charge in [0.05, 0.1) is 11.5 Å². The van der Waals surface area contributed by atoms with Gasteiger partial charge in [0.15, 0.2) is 15.7 Å². The van der Waals surface area contributed by atoms with Crippen molar-refractivity contribution < 1.29 is 8.42 Å². The summed E-state index contributed by atoms with van der Waals surface area (Å²) in [6, 6.07) is 11.4. The van der Waals surface area contributed by atoms with Crippen LogP contribution in [0.15, 0.2) is 42.6 Å². The molecule has 0 aliphatic carbocycles. The Labute approximate surface area is 118 Å². The molecule has 1 fully saturated rings. The second-order valence-electron chi connectivity index (χ2n) is 4.88. The van der Waals surface area contributed by atoms with Crippen LogP contribution in [0.3, 0.4) is 0 Å². The molecule has 1 aromatic carbocycles. The van der Waals surface area contributed by atoms with E-state index in [1.807, 2.05) is 30.3 Å². The maximum Gasteiger partial charge on any atom is 0.161 e. The van der Waals surface area contributed by atoms with Crippen molar-refractivity contribution >= 4 is 15.7 Å². The first-order chi connectivity index (χ1) is 9.62. The Morgan fingerprint density at radius 3 is 2.65 bits per heavy atom. The molecule has 0 unspecified atom stereocenters. The average Bonchev–Trinajstić information content (AvgIpc) is 2.79. The second-order valence-corrected chi connectivity index (χ2v) is 7.10. The number of nitrogens with zero attached hydrogens (tertiary/aromatic N) is 2. The Morgan fingerprint density at radius 2 is 1.95 bits per heavy atom. The molecule has 104 valence electrons. The molecule has 1 N–H and O–H groups in total. The molecule has 1 aliphatic rings. The van der Waals surface area contributed by atoms with Crippen molar-refractivity contribution in [3.05, 3.63) is 42.6 Å². The molecule has 20 heavy (non-hydrogen) atoms. The third-order valence-corrected chi connectivity index (χ3v) is 5.04. The maximum atomic E-state index is 11.4. The summed E-state index contributed by atoms with van der Waals surface area (Å²) in [5.41, 5.74) is 0.940. The van der Waals surface area contributed by atoms with E-state index in [0.717, 1.165) is 5.56 Å². The van der Waals surface area contributed by atoms with Gasteiger partial charge in [-0.1, -0.05) is 30.3 Å². The smallest absolute Gasteiger partial charge is 0.161 e. The van der Waals surface area contributed by atoms with E-state index in [0.29, 0.717) is 18.1 Å². The molecule has 0 bridgehead atoms. The van der Waals surface area contributed by atoms with Crippen LogP contribution in [-0.4, -0.2) is 35.9 Å². The Morgan fingerprint density at radius 1 is 1.15 bits per heavy atom. The standard InChI is InChI=1S/C14H15N3O2S/c18-20(19)9-7-12(10-20)16-13-6-8-15-14(17-13)11-4-2-1-3-5-11/h1-6,8,12H,7,9-10H2,(H,15,16,17)/t12-/m1/s1. The molecule has 2 heterocycles. The van der Waals surface area contributed by atoms with Crippen molar-refractivity contribution in [2.24, 2.45) is 0 Å². The summed E-state index contributed by atoms with van der Waals surface area (Å²) in [4.78, 5) is 8.68. The van der Waals surface area contributed by atoms with E-state index in [2.05, 4.69) is 15.3 Å². The summed E-state index contributed by atoms with van der Waals surface area (Å²) in [6.45, 7) is 0. The lowest BCUT2D eigenvalue weighted by atomic mass is 10.2. The minimum Gasteiger partial charge on any atom is -0.366 e. The summed E-state index contributed by atoms with van der Waals surface area (Å²) < 4.78 is 22.9.